The van der Waals surface area contributed by atoms with Crippen LogP contribution in [-0.2, 0) is 22.3 Å². The molecule has 4 nitrogen and oxygen atoms in total. The van der Waals surface area contributed by atoms with Gasteiger partial charge in [0.05, 0.1) is 11.2 Å². The van der Waals surface area contributed by atoms with Crippen molar-refractivity contribution in [1.82, 2.24) is 4.90 Å². The first-order chi connectivity index (χ1) is 14.4. The van der Waals surface area contributed by atoms with Crippen LogP contribution in [0.25, 0.3) is 0 Å². The van der Waals surface area contributed by atoms with Crippen molar-refractivity contribution in [2.24, 2.45) is 0 Å². The molecule has 0 bridgehead atoms. The number of fused-ring (bicyclic) bond motifs is 1. The minimum atomic E-state index is -0.384. The van der Waals surface area contributed by atoms with Crippen LogP contribution < -0.4 is 5.46 Å². The van der Waals surface area contributed by atoms with Gasteiger partial charge in [-0.15, -0.1) is 0 Å². The average molecular weight is 419 g/mol. The van der Waals surface area contributed by atoms with E-state index < -0.39 is 0 Å². The van der Waals surface area contributed by atoms with E-state index in [-0.39, 0.29) is 24.2 Å². The number of hydrogen-bond donors (Lipinski definition) is 0. The van der Waals surface area contributed by atoms with E-state index in [9.17, 15) is 4.79 Å². The molecular weight excluding hydrogens is 385 g/mol. The Morgan fingerprint density at radius 2 is 1.48 bits per heavy atom. The van der Waals surface area contributed by atoms with Gasteiger partial charge in [-0.05, 0) is 101 Å². The van der Waals surface area contributed by atoms with Gasteiger partial charge in [-0.2, -0.15) is 0 Å². The average Bonchev–Trinajstić information content (AvgIpc) is 2.93. The number of carbonyl (C=O) groups excluding carboxylic acids is 1. The number of amides is 1. The summed E-state index contributed by atoms with van der Waals surface area (Å²) in [6.07, 6.45) is 0.869. The lowest BCUT2D eigenvalue weighted by molar-refractivity contribution is 0.00578. The van der Waals surface area contributed by atoms with Gasteiger partial charge < -0.3 is 14.2 Å². The molecule has 2 aromatic rings. The van der Waals surface area contributed by atoms with Gasteiger partial charge in [0.25, 0.3) is 5.91 Å². The fraction of sp³-hybridized carbons (Fsp3) is 0.500. The van der Waals surface area contributed by atoms with Crippen LogP contribution in [0.15, 0.2) is 24.3 Å². The molecule has 0 aromatic heterocycles. The van der Waals surface area contributed by atoms with Gasteiger partial charge in [0.15, 0.2) is 0 Å². The predicted octanol–water partition coefficient (Wildman–Crippen LogP) is 4.42. The Morgan fingerprint density at radius 3 is 2.06 bits per heavy atom. The lowest BCUT2D eigenvalue weighted by Crippen LogP contribution is -2.41. The maximum absolute atomic E-state index is 13.5. The second-order valence-corrected chi connectivity index (χ2v) is 10.2. The number of aryl methyl sites for hydroxylation is 2. The fourth-order valence-corrected chi connectivity index (χ4v) is 4.57. The second-order valence-electron chi connectivity index (χ2n) is 10.2. The highest BCUT2D eigenvalue weighted by Gasteiger charge is 2.51. The van der Waals surface area contributed by atoms with Crippen LogP contribution in [0.2, 0.25) is 0 Å². The monoisotopic (exact) mass is 419 g/mol. The van der Waals surface area contributed by atoms with Crippen LogP contribution >= 0.6 is 0 Å². The van der Waals surface area contributed by atoms with Gasteiger partial charge in [-0.1, -0.05) is 24.3 Å². The van der Waals surface area contributed by atoms with E-state index in [1.54, 1.807) is 0 Å². The maximum Gasteiger partial charge on any atom is 0.494 e. The van der Waals surface area contributed by atoms with Crippen LogP contribution in [0.4, 0.5) is 0 Å². The molecule has 0 radical (unpaired) electrons. The Balaban J connectivity index is 1.61. The van der Waals surface area contributed by atoms with Crippen molar-refractivity contribution in [2.75, 3.05) is 6.54 Å². The summed E-state index contributed by atoms with van der Waals surface area (Å²) in [5.41, 5.74) is 8.16. The summed E-state index contributed by atoms with van der Waals surface area (Å²) in [4.78, 5) is 15.5. The summed E-state index contributed by atoms with van der Waals surface area (Å²) in [5, 5.41) is 0. The number of nitrogens with zero attached hydrogens (tertiary/aromatic N) is 1. The quantitative estimate of drug-likeness (QED) is 0.677. The summed E-state index contributed by atoms with van der Waals surface area (Å²) < 4.78 is 12.5. The van der Waals surface area contributed by atoms with Crippen molar-refractivity contribution in [2.45, 2.75) is 79.6 Å². The van der Waals surface area contributed by atoms with Gasteiger partial charge >= 0.3 is 7.12 Å². The summed E-state index contributed by atoms with van der Waals surface area (Å²) in [7, 11) is -0.384. The van der Waals surface area contributed by atoms with Crippen molar-refractivity contribution < 1.29 is 14.1 Å². The van der Waals surface area contributed by atoms with Gasteiger partial charge in [0, 0.05) is 18.7 Å². The molecule has 0 spiro atoms. The molecule has 2 heterocycles. The molecule has 0 saturated carbocycles. The molecule has 1 fully saturated rings. The number of hydrogen-bond acceptors (Lipinski definition) is 3. The van der Waals surface area contributed by atoms with E-state index in [0.717, 1.165) is 35.1 Å². The number of carbonyl (C=O) groups is 1. The summed E-state index contributed by atoms with van der Waals surface area (Å²) in [6, 6.07) is 8.61. The molecule has 1 amide bonds. The summed E-state index contributed by atoms with van der Waals surface area (Å²) >= 11 is 0. The third kappa shape index (κ3) is 3.72. The molecule has 5 heteroatoms. The molecule has 1 saturated heterocycles. The summed E-state index contributed by atoms with van der Waals surface area (Å²) in [6.45, 7) is 17.9. The molecule has 0 atom stereocenters. The van der Waals surface area contributed by atoms with Gasteiger partial charge in [-0.3, -0.25) is 4.79 Å². The van der Waals surface area contributed by atoms with E-state index in [0.29, 0.717) is 6.54 Å². The lowest BCUT2D eigenvalue weighted by Gasteiger charge is -2.32. The molecule has 31 heavy (non-hydrogen) atoms. The number of rotatable bonds is 2. The van der Waals surface area contributed by atoms with Gasteiger partial charge in [-0.25, -0.2) is 0 Å². The van der Waals surface area contributed by atoms with Crippen molar-refractivity contribution >= 4 is 18.5 Å². The van der Waals surface area contributed by atoms with Crippen molar-refractivity contribution in [3.63, 3.8) is 0 Å². The van der Waals surface area contributed by atoms with Crippen molar-refractivity contribution in [1.29, 1.82) is 0 Å². The Kier molecular flexibility index (Phi) is 5.34. The first kappa shape index (κ1) is 22.1. The first-order valence-electron chi connectivity index (χ1n) is 11.3. The normalized spacial score (nSPS) is 19.5. The maximum atomic E-state index is 13.5. The molecule has 2 aliphatic rings. The third-order valence-electron chi connectivity index (χ3n) is 7.64. The lowest BCUT2D eigenvalue weighted by atomic mass is 9.77. The zero-order valence-corrected chi connectivity index (χ0v) is 20.2. The Morgan fingerprint density at radius 1 is 0.903 bits per heavy atom. The highest BCUT2D eigenvalue weighted by atomic mass is 16.7. The van der Waals surface area contributed by atoms with Crippen LogP contribution in [0.3, 0.4) is 0 Å². The molecule has 0 N–H and O–H groups in total. The Bertz CT molecular complexity index is 1010. The topological polar surface area (TPSA) is 38.8 Å². The highest BCUT2D eigenvalue weighted by molar-refractivity contribution is 6.62. The van der Waals surface area contributed by atoms with Crippen molar-refractivity contribution in [3.8, 4) is 0 Å². The molecule has 164 valence electrons. The van der Waals surface area contributed by atoms with E-state index in [1.165, 1.54) is 22.3 Å². The Labute approximate surface area is 187 Å². The largest absolute Gasteiger partial charge is 0.494 e. The van der Waals surface area contributed by atoms with Crippen LogP contribution in [-0.4, -0.2) is 35.7 Å². The summed E-state index contributed by atoms with van der Waals surface area (Å²) in [5.74, 6) is 0.133. The molecule has 0 unspecified atom stereocenters. The Hall–Kier alpha value is -2.11. The third-order valence-corrected chi connectivity index (χ3v) is 7.64. The van der Waals surface area contributed by atoms with Crippen LogP contribution in [0, 0.1) is 27.7 Å². The molecular formula is C26H34BNO3. The minimum Gasteiger partial charge on any atom is -0.399 e. The number of benzene rings is 2. The fourth-order valence-electron chi connectivity index (χ4n) is 4.57. The van der Waals surface area contributed by atoms with Gasteiger partial charge in [0.2, 0.25) is 0 Å². The standard InChI is InChI=1S/C26H34BNO3/c1-16-13-17(2)19(4)23(18(16)3)24(29)28-12-11-20-9-10-22(14-21(20)15-28)27-30-25(5,6)26(7,8)31-27/h9-10,13-14H,11-12,15H2,1-8H3. The molecule has 2 aromatic carbocycles. The molecule has 4 rings (SSSR count). The van der Waals surface area contributed by atoms with Crippen molar-refractivity contribution in [3.05, 3.63) is 63.2 Å². The molecule has 0 aliphatic carbocycles. The first-order valence-corrected chi connectivity index (χ1v) is 11.3. The van der Waals surface area contributed by atoms with E-state index >= 15 is 0 Å². The smallest absolute Gasteiger partial charge is 0.399 e. The molecule has 2 aliphatic heterocycles. The zero-order chi connectivity index (χ0) is 22.7. The predicted molar refractivity (Wildman–Crippen MR) is 126 cm³/mol. The van der Waals surface area contributed by atoms with Crippen LogP contribution in [0.1, 0.15) is 71.4 Å². The van der Waals surface area contributed by atoms with Gasteiger partial charge in [0.1, 0.15) is 0 Å². The second kappa shape index (κ2) is 7.49. The SMILES string of the molecule is Cc1cc(C)c(C)c(C(=O)N2CCc3ccc(B4OC(C)(C)C(C)(C)O4)cc3C2)c1C. The zero-order valence-electron chi connectivity index (χ0n) is 20.2. The minimum absolute atomic E-state index is 0.133. The van der Waals surface area contributed by atoms with E-state index in [2.05, 4.69) is 79.7 Å². The van der Waals surface area contributed by atoms with Crippen LogP contribution in [0.5, 0.6) is 0 Å². The van der Waals surface area contributed by atoms with E-state index in [1.807, 2.05) is 4.90 Å². The van der Waals surface area contributed by atoms with E-state index in [4.69, 9.17) is 9.31 Å². The highest BCUT2D eigenvalue weighted by Crippen LogP contribution is 2.36.